The van der Waals surface area contributed by atoms with E-state index in [0.717, 1.165) is 0 Å². The molecule has 0 aromatic heterocycles. The number of carbonyl (C=O) groups excluding carboxylic acids is 1. The zero-order valence-corrected chi connectivity index (χ0v) is 9.76. The molecule has 0 aromatic carbocycles. The second-order valence-corrected chi connectivity index (χ2v) is 5.63. The van der Waals surface area contributed by atoms with Gasteiger partial charge in [0.05, 0.1) is 12.2 Å². The van der Waals surface area contributed by atoms with Crippen LogP contribution in [0.3, 0.4) is 0 Å². The summed E-state index contributed by atoms with van der Waals surface area (Å²) in [6.07, 6.45) is 2.60. The van der Waals surface area contributed by atoms with Crippen molar-refractivity contribution in [2.24, 2.45) is 0 Å². The van der Waals surface area contributed by atoms with Crippen molar-refractivity contribution in [2.45, 2.75) is 56.4 Å². The molecule has 1 saturated carbocycles. The second kappa shape index (κ2) is 2.67. The molecule has 3 aliphatic heterocycles. The molecule has 5 nitrogen and oxygen atoms in total. The summed E-state index contributed by atoms with van der Waals surface area (Å²) in [5.41, 5.74) is -0.577. The number of ether oxygens (including phenoxy) is 4. The van der Waals surface area contributed by atoms with Gasteiger partial charge in [-0.2, -0.15) is 0 Å². The lowest BCUT2D eigenvalue weighted by atomic mass is 9.82. The molecule has 4 aliphatic rings. The van der Waals surface area contributed by atoms with Gasteiger partial charge in [-0.05, 0) is 13.8 Å². The first-order valence-corrected chi connectivity index (χ1v) is 5.95. The Morgan fingerprint density at radius 2 is 2.00 bits per heavy atom. The third kappa shape index (κ3) is 1.18. The third-order valence-corrected chi connectivity index (χ3v) is 3.92. The number of rotatable bonds is 0. The Balaban J connectivity index is 1.70. The van der Waals surface area contributed by atoms with E-state index in [1.54, 1.807) is 0 Å². The zero-order chi connectivity index (χ0) is 11.8. The Morgan fingerprint density at radius 3 is 2.82 bits per heavy atom. The maximum Gasteiger partial charge on any atom is 0.335 e. The maximum absolute atomic E-state index is 11.3. The number of hydrogen-bond donors (Lipinski definition) is 0. The average Bonchev–Trinajstić information content (AvgIpc) is 2.72. The van der Waals surface area contributed by atoms with Gasteiger partial charge in [-0.25, -0.2) is 4.79 Å². The topological polar surface area (TPSA) is 54.0 Å². The summed E-state index contributed by atoms with van der Waals surface area (Å²) in [5.74, 6) is -0.228. The van der Waals surface area contributed by atoms with Crippen molar-refractivity contribution in [1.29, 1.82) is 0 Å². The van der Waals surface area contributed by atoms with Crippen molar-refractivity contribution in [2.75, 3.05) is 0 Å². The Kier molecular flexibility index (Phi) is 1.56. The molecule has 0 radical (unpaired) electrons. The van der Waals surface area contributed by atoms with Crippen molar-refractivity contribution in [1.82, 2.24) is 0 Å². The van der Waals surface area contributed by atoms with E-state index in [0.29, 0.717) is 18.6 Å². The van der Waals surface area contributed by atoms with Crippen molar-refractivity contribution in [3.8, 4) is 0 Å². The first-order valence-electron chi connectivity index (χ1n) is 5.95. The third-order valence-electron chi connectivity index (χ3n) is 3.92. The van der Waals surface area contributed by atoms with Crippen LogP contribution < -0.4 is 0 Å². The average molecular weight is 238 g/mol. The Labute approximate surface area is 98.7 Å². The minimum Gasteiger partial charge on any atom is -0.487 e. The smallest absolute Gasteiger partial charge is 0.335 e. The summed E-state index contributed by atoms with van der Waals surface area (Å²) >= 11 is 0. The standard InChI is InChI=1S/C12H14O5/c1-11(2)15-7-5-12-4-6(10(7)17-11)14-8(12)3-9(13)16-12/h3,6-7,10H,4-5H2,1-2H3/t6-,7+,10?,12+/m0/s1. The maximum atomic E-state index is 11.3. The summed E-state index contributed by atoms with van der Waals surface area (Å²) in [6, 6.07) is 0. The first kappa shape index (κ1) is 9.91. The predicted molar refractivity (Wildman–Crippen MR) is 54.8 cm³/mol. The molecule has 17 heavy (non-hydrogen) atoms. The second-order valence-electron chi connectivity index (χ2n) is 5.63. The van der Waals surface area contributed by atoms with Crippen LogP contribution in [0.25, 0.3) is 0 Å². The molecule has 1 spiro atoms. The van der Waals surface area contributed by atoms with Crippen LogP contribution >= 0.6 is 0 Å². The van der Waals surface area contributed by atoms with Gasteiger partial charge in [0.15, 0.2) is 11.4 Å². The van der Waals surface area contributed by atoms with E-state index < -0.39 is 11.4 Å². The monoisotopic (exact) mass is 238 g/mol. The van der Waals surface area contributed by atoms with Crippen LogP contribution in [0.2, 0.25) is 0 Å². The van der Waals surface area contributed by atoms with Crippen LogP contribution in [0.15, 0.2) is 11.8 Å². The van der Waals surface area contributed by atoms with Gasteiger partial charge < -0.3 is 18.9 Å². The zero-order valence-electron chi connectivity index (χ0n) is 9.76. The highest BCUT2D eigenvalue weighted by Gasteiger charge is 2.64. The lowest BCUT2D eigenvalue weighted by molar-refractivity contribution is -0.157. The van der Waals surface area contributed by atoms with Gasteiger partial charge in [-0.3, -0.25) is 0 Å². The Bertz CT molecular complexity index is 440. The molecule has 1 aliphatic carbocycles. The highest BCUT2D eigenvalue weighted by molar-refractivity contribution is 5.86. The lowest BCUT2D eigenvalue weighted by Crippen LogP contribution is -2.46. The fraction of sp³-hybridized carbons (Fsp3) is 0.750. The van der Waals surface area contributed by atoms with Crippen LogP contribution in [0.4, 0.5) is 0 Å². The molecule has 1 unspecified atom stereocenters. The molecule has 92 valence electrons. The van der Waals surface area contributed by atoms with Crippen LogP contribution in [-0.2, 0) is 23.7 Å². The summed E-state index contributed by atoms with van der Waals surface area (Å²) in [6.45, 7) is 3.79. The van der Waals surface area contributed by atoms with E-state index in [1.165, 1.54) is 6.08 Å². The van der Waals surface area contributed by atoms with E-state index in [1.807, 2.05) is 13.8 Å². The molecule has 4 atom stereocenters. The van der Waals surface area contributed by atoms with Crippen molar-refractivity contribution in [3.63, 3.8) is 0 Å². The first-order chi connectivity index (χ1) is 7.97. The van der Waals surface area contributed by atoms with E-state index in [9.17, 15) is 4.79 Å². The van der Waals surface area contributed by atoms with Crippen molar-refractivity contribution < 1.29 is 23.7 Å². The molecule has 3 fully saturated rings. The normalized spacial score (nSPS) is 49.2. The minimum absolute atomic E-state index is 0.0548. The molecule has 4 rings (SSSR count). The summed E-state index contributed by atoms with van der Waals surface area (Å²) in [7, 11) is 0. The van der Waals surface area contributed by atoms with Crippen LogP contribution in [0.5, 0.6) is 0 Å². The quantitative estimate of drug-likeness (QED) is 0.586. The highest BCUT2D eigenvalue weighted by Crippen LogP contribution is 2.53. The lowest BCUT2D eigenvalue weighted by Gasteiger charge is -2.32. The molecule has 2 bridgehead atoms. The van der Waals surface area contributed by atoms with Crippen molar-refractivity contribution >= 4 is 5.97 Å². The van der Waals surface area contributed by atoms with Crippen LogP contribution in [0, 0.1) is 0 Å². The van der Waals surface area contributed by atoms with E-state index >= 15 is 0 Å². The summed E-state index contributed by atoms with van der Waals surface area (Å²) < 4.78 is 22.9. The van der Waals surface area contributed by atoms with Gasteiger partial charge >= 0.3 is 5.97 Å². The molecule has 5 heteroatoms. The van der Waals surface area contributed by atoms with Crippen molar-refractivity contribution in [3.05, 3.63) is 11.8 Å². The van der Waals surface area contributed by atoms with Gasteiger partial charge in [0.2, 0.25) is 0 Å². The molecule has 0 N–H and O–H groups in total. The molecule has 2 saturated heterocycles. The Hall–Kier alpha value is -1.07. The van der Waals surface area contributed by atoms with Gasteiger partial charge in [0.25, 0.3) is 0 Å². The number of fused-ring (bicyclic) bond motifs is 3. The highest BCUT2D eigenvalue weighted by atomic mass is 16.8. The summed E-state index contributed by atoms with van der Waals surface area (Å²) in [4.78, 5) is 11.3. The van der Waals surface area contributed by atoms with Crippen LogP contribution in [-0.4, -0.2) is 35.7 Å². The number of esters is 1. The van der Waals surface area contributed by atoms with E-state index in [-0.39, 0.29) is 24.3 Å². The molecular formula is C12H14O5. The number of carbonyl (C=O) groups is 1. The largest absolute Gasteiger partial charge is 0.487 e. The minimum atomic E-state index is -0.577. The number of hydrogen-bond acceptors (Lipinski definition) is 5. The van der Waals surface area contributed by atoms with Gasteiger partial charge in [0.1, 0.15) is 18.0 Å². The van der Waals surface area contributed by atoms with E-state index in [4.69, 9.17) is 18.9 Å². The molecule has 0 amide bonds. The SMILES string of the molecule is CC1(C)OC2[C@@H]3C[C@]4(C[C@H]2O1)OC(=O)C=C4O3. The van der Waals surface area contributed by atoms with Crippen LogP contribution in [0.1, 0.15) is 26.7 Å². The van der Waals surface area contributed by atoms with Gasteiger partial charge in [-0.1, -0.05) is 0 Å². The molecule has 3 heterocycles. The molecular weight excluding hydrogens is 224 g/mol. The fourth-order valence-electron chi connectivity index (χ4n) is 3.39. The molecule has 0 aromatic rings. The Morgan fingerprint density at radius 1 is 1.24 bits per heavy atom. The van der Waals surface area contributed by atoms with Gasteiger partial charge in [-0.15, -0.1) is 0 Å². The van der Waals surface area contributed by atoms with Gasteiger partial charge in [0, 0.05) is 12.8 Å². The predicted octanol–water partition coefficient (Wildman–Crippen LogP) is 0.879. The fourth-order valence-corrected chi connectivity index (χ4v) is 3.39. The summed E-state index contributed by atoms with van der Waals surface area (Å²) in [5, 5.41) is 0. The van der Waals surface area contributed by atoms with E-state index in [2.05, 4.69) is 0 Å².